The summed E-state index contributed by atoms with van der Waals surface area (Å²) in [5.41, 5.74) is 5.00. The molecule has 0 spiro atoms. The van der Waals surface area contributed by atoms with Crippen molar-refractivity contribution in [1.29, 1.82) is 0 Å². The fourth-order valence-corrected chi connectivity index (χ4v) is 3.20. The molecule has 0 saturated heterocycles. The summed E-state index contributed by atoms with van der Waals surface area (Å²) in [6.07, 6.45) is 0. The van der Waals surface area contributed by atoms with E-state index in [0.29, 0.717) is 22.8 Å². The maximum absolute atomic E-state index is 12.7. The van der Waals surface area contributed by atoms with Crippen LogP contribution in [0, 0.1) is 13.8 Å². The molecule has 7 nitrogen and oxygen atoms in total. The molecule has 0 aliphatic heterocycles. The van der Waals surface area contributed by atoms with Crippen molar-refractivity contribution in [1.82, 2.24) is 9.78 Å². The van der Waals surface area contributed by atoms with Gasteiger partial charge in [0, 0.05) is 11.6 Å². The van der Waals surface area contributed by atoms with E-state index in [1.54, 1.807) is 12.1 Å². The van der Waals surface area contributed by atoms with Gasteiger partial charge < -0.3 is 5.32 Å². The SMILES string of the molecule is Cc1ccc(N=Nc2cc(C)ccc2NC(=O)Cn2nc(-c3ccccc3)ccc2=O)cc1. The van der Waals surface area contributed by atoms with Crippen LogP contribution < -0.4 is 10.9 Å². The molecule has 3 aromatic carbocycles. The van der Waals surface area contributed by atoms with Crippen molar-refractivity contribution in [3.63, 3.8) is 0 Å². The fourth-order valence-electron chi connectivity index (χ4n) is 3.20. The van der Waals surface area contributed by atoms with Crippen LogP contribution in [0.5, 0.6) is 0 Å². The number of nitrogens with zero attached hydrogens (tertiary/aromatic N) is 4. The summed E-state index contributed by atoms with van der Waals surface area (Å²) in [7, 11) is 0. The molecule has 33 heavy (non-hydrogen) atoms. The van der Waals surface area contributed by atoms with Crippen LogP contribution in [0.4, 0.5) is 17.1 Å². The number of nitrogens with one attached hydrogen (secondary N) is 1. The van der Waals surface area contributed by atoms with Gasteiger partial charge in [-0.15, -0.1) is 5.11 Å². The van der Waals surface area contributed by atoms with Crippen LogP contribution in [0.15, 0.2) is 100.0 Å². The molecule has 0 bridgehead atoms. The average molecular weight is 438 g/mol. The smallest absolute Gasteiger partial charge is 0.267 e. The van der Waals surface area contributed by atoms with Crippen LogP contribution in [0.1, 0.15) is 11.1 Å². The lowest BCUT2D eigenvalue weighted by Gasteiger charge is -2.10. The zero-order valence-corrected chi connectivity index (χ0v) is 18.4. The Hall–Kier alpha value is -4.39. The van der Waals surface area contributed by atoms with Crippen molar-refractivity contribution in [3.8, 4) is 11.3 Å². The number of hydrogen-bond donors (Lipinski definition) is 1. The van der Waals surface area contributed by atoms with Crippen molar-refractivity contribution in [2.75, 3.05) is 5.32 Å². The summed E-state index contributed by atoms with van der Waals surface area (Å²) in [4.78, 5) is 25.0. The third kappa shape index (κ3) is 5.65. The number of amides is 1. The number of carbonyl (C=O) groups excluding carboxylic acids is 1. The predicted octanol–water partition coefficient (Wildman–Crippen LogP) is 5.58. The maximum Gasteiger partial charge on any atom is 0.267 e. The molecule has 0 aliphatic carbocycles. The normalized spacial score (nSPS) is 11.0. The van der Waals surface area contributed by atoms with Crippen molar-refractivity contribution >= 4 is 23.0 Å². The molecule has 0 aliphatic rings. The van der Waals surface area contributed by atoms with Crippen LogP contribution in [-0.4, -0.2) is 15.7 Å². The van der Waals surface area contributed by atoms with Gasteiger partial charge in [0.2, 0.25) is 5.91 Å². The molecule has 7 heteroatoms. The number of anilines is 1. The Kier molecular flexibility index (Phi) is 6.50. The Morgan fingerprint density at radius 1 is 0.879 bits per heavy atom. The molecule has 0 unspecified atom stereocenters. The van der Waals surface area contributed by atoms with Crippen LogP contribution in [0.2, 0.25) is 0 Å². The summed E-state index contributed by atoms with van der Waals surface area (Å²) < 4.78 is 1.15. The number of rotatable bonds is 6. The van der Waals surface area contributed by atoms with Crippen molar-refractivity contribution < 1.29 is 4.79 Å². The number of benzene rings is 3. The Labute approximate surface area is 191 Å². The highest BCUT2D eigenvalue weighted by molar-refractivity contribution is 5.93. The van der Waals surface area contributed by atoms with Gasteiger partial charge in [-0.1, -0.05) is 54.1 Å². The van der Waals surface area contributed by atoms with Crippen LogP contribution in [0.3, 0.4) is 0 Å². The van der Waals surface area contributed by atoms with Gasteiger partial charge in [-0.3, -0.25) is 9.59 Å². The Morgan fingerprint density at radius 2 is 1.61 bits per heavy atom. The average Bonchev–Trinajstić information content (AvgIpc) is 2.82. The van der Waals surface area contributed by atoms with Gasteiger partial charge in [-0.2, -0.15) is 10.2 Å². The van der Waals surface area contributed by atoms with E-state index in [1.807, 2.05) is 80.6 Å². The minimum atomic E-state index is -0.384. The zero-order chi connectivity index (χ0) is 23.2. The van der Waals surface area contributed by atoms with Gasteiger partial charge in [0.05, 0.1) is 17.1 Å². The van der Waals surface area contributed by atoms with E-state index in [1.165, 1.54) is 6.07 Å². The van der Waals surface area contributed by atoms with E-state index in [9.17, 15) is 9.59 Å². The third-order valence-electron chi connectivity index (χ3n) is 4.96. The summed E-state index contributed by atoms with van der Waals surface area (Å²) in [6.45, 7) is 3.72. The Bertz CT molecular complexity index is 1360. The van der Waals surface area contributed by atoms with E-state index in [0.717, 1.165) is 21.4 Å². The topological polar surface area (TPSA) is 88.7 Å². The molecule has 1 N–H and O–H groups in total. The first-order chi connectivity index (χ1) is 16.0. The fraction of sp³-hybridized carbons (Fsp3) is 0.115. The van der Waals surface area contributed by atoms with Gasteiger partial charge in [0.1, 0.15) is 12.2 Å². The van der Waals surface area contributed by atoms with Gasteiger partial charge >= 0.3 is 0 Å². The monoisotopic (exact) mass is 437 g/mol. The number of carbonyl (C=O) groups is 1. The number of hydrogen-bond acceptors (Lipinski definition) is 5. The first kappa shape index (κ1) is 21.8. The highest BCUT2D eigenvalue weighted by atomic mass is 16.2. The van der Waals surface area contributed by atoms with Gasteiger partial charge in [0.15, 0.2) is 0 Å². The number of aryl methyl sites for hydroxylation is 2. The first-order valence-electron chi connectivity index (χ1n) is 10.5. The molecule has 1 heterocycles. The molecule has 1 amide bonds. The summed E-state index contributed by atoms with van der Waals surface area (Å²) in [5, 5.41) is 15.8. The summed E-state index contributed by atoms with van der Waals surface area (Å²) in [5.74, 6) is -0.384. The van der Waals surface area contributed by atoms with E-state index in [2.05, 4.69) is 20.6 Å². The molecular formula is C26H23N5O2. The second-order valence-corrected chi connectivity index (χ2v) is 7.68. The molecule has 0 fully saturated rings. The largest absolute Gasteiger partial charge is 0.323 e. The molecule has 164 valence electrons. The molecular weight excluding hydrogens is 414 g/mol. The lowest BCUT2D eigenvalue weighted by Crippen LogP contribution is -2.29. The Morgan fingerprint density at radius 3 is 2.36 bits per heavy atom. The molecule has 1 aromatic heterocycles. The standard InChI is InChI=1S/C26H23N5O2/c1-18-8-11-21(12-9-18)28-29-24-16-19(2)10-13-23(24)27-25(32)17-31-26(33)15-14-22(30-31)20-6-4-3-5-7-20/h3-16H,17H2,1-2H3,(H,27,32). The lowest BCUT2D eigenvalue weighted by atomic mass is 10.1. The quantitative estimate of drug-likeness (QED) is 0.399. The van der Waals surface area contributed by atoms with Crippen molar-refractivity contribution in [2.24, 2.45) is 10.2 Å². The van der Waals surface area contributed by atoms with E-state index in [4.69, 9.17) is 0 Å². The van der Waals surface area contributed by atoms with Gasteiger partial charge in [-0.05, 0) is 49.7 Å². The van der Waals surface area contributed by atoms with Crippen LogP contribution >= 0.6 is 0 Å². The summed E-state index contributed by atoms with van der Waals surface area (Å²) >= 11 is 0. The number of aromatic nitrogens is 2. The molecule has 4 aromatic rings. The first-order valence-corrected chi connectivity index (χ1v) is 10.5. The van der Waals surface area contributed by atoms with Crippen LogP contribution in [-0.2, 0) is 11.3 Å². The minimum absolute atomic E-state index is 0.220. The van der Waals surface area contributed by atoms with E-state index < -0.39 is 0 Å². The second-order valence-electron chi connectivity index (χ2n) is 7.68. The van der Waals surface area contributed by atoms with E-state index >= 15 is 0 Å². The van der Waals surface area contributed by atoms with Gasteiger partial charge in [0.25, 0.3) is 5.56 Å². The lowest BCUT2D eigenvalue weighted by molar-refractivity contribution is -0.117. The molecule has 0 radical (unpaired) electrons. The molecule has 0 atom stereocenters. The highest BCUT2D eigenvalue weighted by Gasteiger charge is 2.11. The second kappa shape index (κ2) is 9.82. The zero-order valence-electron chi connectivity index (χ0n) is 18.4. The Balaban J connectivity index is 1.53. The maximum atomic E-state index is 12.7. The van der Waals surface area contributed by atoms with Crippen molar-refractivity contribution in [3.05, 3.63) is 106 Å². The minimum Gasteiger partial charge on any atom is -0.323 e. The van der Waals surface area contributed by atoms with Crippen LogP contribution in [0.25, 0.3) is 11.3 Å². The van der Waals surface area contributed by atoms with Crippen molar-refractivity contribution in [2.45, 2.75) is 20.4 Å². The number of azo groups is 1. The summed E-state index contributed by atoms with van der Waals surface area (Å²) in [6, 6.07) is 25.7. The highest BCUT2D eigenvalue weighted by Crippen LogP contribution is 2.28. The molecule has 0 saturated carbocycles. The molecule has 4 rings (SSSR count). The third-order valence-corrected chi connectivity index (χ3v) is 4.96. The van der Waals surface area contributed by atoms with E-state index in [-0.39, 0.29) is 18.0 Å². The predicted molar refractivity (Wildman–Crippen MR) is 129 cm³/mol. The van der Waals surface area contributed by atoms with Gasteiger partial charge in [-0.25, -0.2) is 4.68 Å².